The number of hydrogen-bond acceptors (Lipinski definition) is 4. The number of urea groups is 1. The monoisotopic (exact) mass is 241 g/mol. The van der Waals surface area contributed by atoms with Crippen LogP contribution in [0.1, 0.15) is 19.7 Å². The summed E-state index contributed by atoms with van der Waals surface area (Å²) in [4.78, 5) is 25.9. The van der Waals surface area contributed by atoms with E-state index in [0.29, 0.717) is 5.82 Å². The lowest BCUT2D eigenvalue weighted by Gasteiger charge is -2.17. The summed E-state index contributed by atoms with van der Waals surface area (Å²) in [6.45, 7) is 3.37. The zero-order valence-electron chi connectivity index (χ0n) is 9.60. The third kappa shape index (κ3) is 4.09. The molecule has 2 unspecified atom stereocenters. The molecule has 1 aromatic rings. The summed E-state index contributed by atoms with van der Waals surface area (Å²) in [6, 6.07) is -0.899. The van der Waals surface area contributed by atoms with Crippen LogP contribution in [0, 0.1) is 5.92 Å². The van der Waals surface area contributed by atoms with E-state index in [1.807, 2.05) is 0 Å². The second-order valence-electron chi connectivity index (χ2n) is 3.67. The van der Waals surface area contributed by atoms with Crippen LogP contribution in [0.2, 0.25) is 0 Å². The molecule has 0 aliphatic rings. The van der Waals surface area contributed by atoms with Crippen molar-refractivity contribution in [2.24, 2.45) is 5.92 Å². The maximum atomic E-state index is 11.4. The van der Waals surface area contributed by atoms with Gasteiger partial charge < -0.3 is 15.7 Å². The quantitative estimate of drug-likeness (QED) is 0.564. The topological polar surface area (TPSA) is 120 Å². The number of nitrogens with zero attached hydrogens (tertiary/aromatic N) is 2. The Labute approximate surface area is 97.8 Å². The maximum absolute atomic E-state index is 11.4. The molecule has 0 aliphatic heterocycles. The minimum atomic E-state index is -0.951. The summed E-state index contributed by atoms with van der Waals surface area (Å²) in [6.07, 6.45) is 1.34. The van der Waals surface area contributed by atoms with E-state index in [0.717, 1.165) is 0 Å². The fourth-order valence-corrected chi connectivity index (χ4v) is 1.08. The molecule has 17 heavy (non-hydrogen) atoms. The van der Waals surface area contributed by atoms with Gasteiger partial charge in [-0.25, -0.2) is 9.78 Å². The van der Waals surface area contributed by atoms with Crippen molar-refractivity contribution in [1.29, 1.82) is 0 Å². The number of carboxylic acid groups (broad SMARTS) is 1. The summed E-state index contributed by atoms with van der Waals surface area (Å²) in [5.41, 5.74) is 0. The Morgan fingerprint density at radius 2 is 2.24 bits per heavy atom. The van der Waals surface area contributed by atoms with Crippen LogP contribution in [-0.2, 0) is 11.3 Å². The van der Waals surface area contributed by atoms with Gasteiger partial charge >= 0.3 is 12.0 Å². The van der Waals surface area contributed by atoms with E-state index in [9.17, 15) is 9.59 Å². The van der Waals surface area contributed by atoms with E-state index in [1.54, 1.807) is 6.92 Å². The predicted octanol–water partition coefficient (Wildman–Crippen LogP) is -0.287. The number of carbonyl (C=O) groups is 2. The highest BCUT2D eigenvalue weighted by Crippen LogP contribution is 2.01. The summed E-state index contributed by atoms with van der Waals surface area (Å²) < 4.78 is 0. The number of carbonyl (C=O) groups excluding carboxylic acids is 1. The first-order valence-corrected chi connectivity index (χ1v) is 5.12. The lowest BCUT2D eigenvalue weighted by Crippen LogP contribution is -2.45. The molecule has 0 aromatic carbocycles. The third-order valence-corrected chi connectivity index (χ3v) is 2.38. The lowest BCUT2D eigenvalue weighted by molar-refractivity contribution is -0.141. The summed E-state index contributed by atoms with van der Waals surface area (Å²) in [5.74, 6) is -1.07. The molecule has 0 fully saturated rings. The highest BCUT2D eigenvalue weighted by atomic mass is 16.4. The molecule has 1 aromatic heterocycles. The summed E-state index contributed by atoms with van der Waals surface area (Å²) in [5, 5.41) is 20.0. The molecule has 8 heteroatoms. The molecule has 1 rings (SSSR count). The van der Waals surface area contributed by atoms with E-state index >= 15 is 0 Å². The third-order valence-electron chi connectivity index (χ3n) is 2.38. The maximum Gasteiger partial charge on any atom is 0.315 e. The van der Waals surface area contributed by atoms with Crippen molar-refractivity contribution in [2.75, 3.05) is 0 Å². The number of carboxylic acids is 1. The molecule has 2 amide bonds. The molecular weight excluding hydrogens is 226 g/mol. The smallest absolute Gasteiger partial charge is 0.315 e. The van der Waals surface area contributed by atoms with Gasteiger partial charge in [-0.2, -0.15) is 5.10 Å². The van der Waals surface area contributed by atoms with E-state index in [2.05, 4.69) is 25.8 Å². The second-order valence-corrected chi connectivity index (χ2v) is 3.67. The number of aliphatic carboxylic acids is 1. The summed E-state index contributed by atoms with van der Waals surface area (Å²) in [7, 11) is 0. The molecule has 0 radical (unpaired) electrons. The number of H-pyrrole nitrogens is 1. The van der Waals surface area contributed by atoms with E-state index in [1.165, 1.54) is 13.3 Å². The van der Waals surface area contributed by atoms with Crippen LogP contribution < -0.4 is 10.6 Å². The lowest BCUT2D eigenvalue weighted by atomic mass is 10.0. The number of rotatable bonds is 5. The van der Waals surface area contributed by atoms with Crippen LogP contribution in [0.15, 0.2) is 6.33 Å². The van der Waals surface area contributed by atoms with Gasteiger partial charge in [0.05, 0.1) is 12.5 Å². The van der Waals surface area contributed by atoms with Gasteiger partial charge in [0.15, 0.2) is 0 Å². The molecule has 0 saturated carbocycles. The number of hydrogen-bond donors (Lipinski definition) is 4. The van der Waals surface area contributed by atoms with Crippen molar-refractivity contribution in [2.45, 2.75) is 26.4 Å². The molecule has 4 N–H and O–H groups in total. The van der Waals surface area contributed by atoms with Gasteiger partial charge in [-0.15, -0.1) is 0 Å². The minimum Gasteiger partial charge on any atom is -0.481 e. The summed E-state index contributed by atoms with van der Waals surface area (Å²) >= 11 is 0. The largest absolute Gasteiger partial charge is 0.481 e. The van der Waals surface area contributed by atoms with Crippen molar-refractivity contribution in [3.05, 3.63) is 12.2 Å². The van der Waals surface area contributed by atoms with Gasteiger partial charge in [0.25, 0.3) is 0 Å². The molecule has 0 spiro atoms. The van der Waals surface area contributed by atoms with Crippen LogP contribution >= 0.6 is 0 Å². The Morgan fingerprint density at radius 1 is 1.53 bits per heavy atom. The fraction of sp³-hybridized carbons (Fsp3) is 0.556. The van der Waals surface area contributed by atoms with Crippen molar-refractivity contribution < 1.29 is 14.7 Å². The second kappa shape index (κ2) is 5.83. The van der Waals surface area contributed by atoms with Crippen LogP contribution in [-0.4, -0.2) is 38.3 Å². The van der Waals surface area contributed by atoms with Gasteiger partial charge in [-0.3, -0.25) is 9.89 Å². The average Bonchev–Trinajstić information content (AvgIpc) is 2.77. The zero-order valence-corrected chi connectivity index (χ0v) is 9.60. The molecule has 0 aliphatic carbocycles. The van der Waals surface area contributed by atoms with Crippen LogP contribution in [0.4, 0.5) is 4.79 Å². The van der Waals surface area contributed by atoms with Gasteiger partial charge in [0, 0.05) is 6.04 Å². The Hall–Kier alpha value is -2.12. The zero-order chi connectivity index (χ0) is 12.8. The standard InChI is InChI=1S/C9H15N5O3/c1-5(8(15)16)6(2)13-9(17)10-3-7-11-4-12-14-7/h4-6H,3H2,1-2H3,(H,15,16)(H2,10,13,17)(H,11,12,14). The molecule has 2 atom stereocenters. The van der Waals surface area contributed by atoms with Crippen molar-refractivity contribution in [3.63, 3.8) is 0 Å². The predicted molar refractivity (Wildman–Crippen MR) is 58.0 cm³/mol. The van der Waals surface area contributed by atoms with E-state index < -0.39 is 24.0 Å². The average molecular weight is 241 g/mol. The molecule has 94 valence electrons. The first kappa shape index (κ1) is 12.9. The van der Waals surface area contributed by atoms with Crippen LogP contribution in [0.5, 0.6) is 0 Å². The SMILES string of the molecule is CC(NC(=O)NCc1ncn[nH]1)C(C)C(=O)O. The minimum absolute atomic E-state index is 0.208. The molecule has 0 bridgehead atoms. The van der Waals surface area contributed by atoms with Crippen LogP contribution in [0.3, 0.4) is 0 Å². The van der Waals surface area contributed by atoms with Crippen molar-refractivity contribution in [1.82, 2.24) is 25.8 Å². The van der Waals surface area contributed by atoms with Gasteiger partial charge in [-0.05, 0) is 13.8 Å². The molecule has 1 heterocycles. The highest BCUT2D eigenvalue weighted by Gasteiger charge is 2.20. The first-order valence-electron chi connectivity index (χ1n) is 5.12. The Bertz CT molecular complexity index is 378. The molecule has 8 nitrogen and oxygen atoms in total. The van der Waals surface area contributed by atoms with Crippen LogP contribution in [0.25, 0.3) is 0 Å². The Kier molecular flexibility index (Phi) is 4.44. The molecule has 0 saturated heterocycles. The number of nitrogens with one attached hydrogen (secondary N) is 3. The van der Waals surface area contributed by atoms with Crippen molar-refractivity contribution in [3.8, 4) is 0 Å². The van der Waals surface area contributed by atoms with Gasteiger partial charge in [-0.1, -0.05) is 0 Å². The normalized spacial score (nSPS) is 13.8. The Balaban J connectivity index is 2.32. The molecular formula is C9H15N5O3. The Morgan fingerprint density at radius 3 is 2.76 bits per heavy atom. The van der Waals surface area contributed by atoms with E-state index in [-0.39, 0.29) is 6.54 Å². The van der Waals surface area contributed by atoms with E-state index in [4.69, 9.17) is 5.11 Å². The first-order chi connectivity index (χ1) is 8.00. The van der Waals surface area contributed by atoms with Crippen molar-refractivity contribution >= 4 is 12.0 Å². The highest BCUT2D eigenvalue weighted by molar-refractivity contribution is 5.76. The van der Waals surface area contributed by atoms with Gasteiger partial charge in [0.1, 0.15) is 12.2 Å². The number of amides is 2. The fourth-order valence-electron chi connectivity index (χ4n) is 1.08. The number of aromatic nitrogens is 3. The number of aromatic amines is 1. The van der Waals surface area contributed by atoms with Gasteiger partial charge in [0.2, 0.25) is 0 Å².